The summed E-state index contributed by atoms with van der Waals surface area (Å²) in [6, 6.07) is -0.716. The Kier molecular flexibility index (Phi) is 16.4. The van der Waals surface area contributed by atoms with Gasteiger partial charge >= 0.3 is 5.97 Å². The first-order chi connectivity index (χ1) is 4.68. The number of nitrogens with two attached hydrogens (primary N) is 2. The van der Waals surface area contributed by atoms with Crippen molar-refractivity contribution in [3.63, 3.8) is 0 Å². The third-order valence-corrected chi connectivity index (χ3v) is 1.29. The average molecular weight is 221 g/mol. The van der Waals surface area contributed by atoms with Crippen LogP contribution in [-0.4, -0.2) is 23.7 Å². The molecule has 0 heterocycles. The number of hydrogen-bond acceptors (Lipinski definition) is 3. The predicted molar refractivity (Wildman–Crippen MR) is 53.0 cm³/mol. The summed E-state index contributed by atoms with van der Waals surface area (Å²) in [5, 5.41) is 8.33. The van der Waals surface area contributed by atoms with Gasteiger partial charge in [0.1, 0.15) is 6.04 Å². The highest BCUT2D eigenvalue weighted by molar-refractivity contribution is 5.85. The minimum Gasteiger partial charge on any atom is -0.480 e. The number of rotatable bonds is 5. The van der Waals surface area contributed by atoms with Crippen LogP contribution in [0.3, 0.4) is 0 Å². The smallest absolute Gasteiger partial charge is 0.320 e. The normalized spacial score (nSPS) is 10.8. The fraction of sp³-hybridized carbons (Fsp3) is 0.833. The first kappa shape index (κ1) is 17.9. The van der Waals surface area contributed by atoms with E-state index in [0.29, 0.717) is 13.0 Å². The highest BCUT2D eigenvalue weighted by Crippen LogP contribution is 1.96. The van der Waals surface area contributed by atoms with Crippen LogP contribution in [-0.2, 0) is 4.79 Å². The van der Waals surface area contributed by atoms with Crippen LogP contribution in [0.5, 0.6) is 0 Å². The Morgan fingerprint density at radius 3 is 2.17 bits per heavy atom. The molecule has 4 nitrogen and oxygen atoms in total. The molecule has 0 saturated heterocycles. The molecule has 0 bridgehead atoms. The molecule has 0 aromatic heterocycles. The van der Waals surface area contributed by atoms with Gasteiger partial charge in [-0.3, -0.25) is 4.79 Å². The van der Waals surface area contributed by atoms with Crippen molar-refractivity contribution in [3.05, 3.63) is 0 Å². The van der Waals surface area contributed by atoms with Gasteiger partial charge in [0.15, 0.2) is 0 Å². The van der Waals surface area contributed by atoms with Crippen molar-refractivity contribution < 1.29 is 9.90 Å². The summed E-state index contributed by atoms with van der Waals surface area (Å²) >= 11 is 0. The number of carboxylic acids is 1. The maximum Gasteiger partial charge on any atom is 0.320 e. The topological polar surface area (TPSA) is 89.3 Å². The second kappa shape index (κ2) is 11.0. The number of hydrogen-bond donors (Lipinski definition) is 3. The molecule has 76 valence electrons. The lowest BCUT2D eigenvalue weighted by Crippen LogP contribution is -2.29. The van der Waals surface area contributed by atoms with E-state index in [1.54, 1.807) is 0 Å². The standard InChI is InChI=1S/C6H14N2O2.2ClH/c7-4-2-1-3-5(8)6(9)10;;/h5H,1-4,7-8H2,(H,9,10);2*1H/i4+1,8+1;;. The van der Waals surface area contributed by atoms with Crippen LogP contribution in [0.1, 0.15) is 19.3 Å². The maximum absolute atomic E-state index is 10.1. The summed E-state index contributed by atoms with van der Waals surface area (Å²) in [6.07, 6.45) is 2.16. The van der Waals surface area contributed by atoms with E-state index in [2.05, 4.69) is 0 Å². The molecule has 0 amide bonds. The summed E-state index contributed by atoms with van der Waals surface area (Å²) in [5.74, 6) is -0.933. The summed E-state index contributed by atoms with van der Waals surface area (Å²) in [5.41, 5.74) is 10.4. The van der Waals surface area contributed by atoms with Gasteiger partial charge in [0.25, 0.3) is 0 Å². The zero-order valence-electron chi connectivity index (χ0n) is 6.73. The Bertz CT molecular complexity index is 114. The van der Waals surface area contributed by atoms with E-state index in [0.717, 1.165) is 12.8 Å². The maximum atomic E-state index is 10.1. The predicted octanol–water partition coefficient (Wildman–Crippen LogP) is 0.371. The Labute approximate surface area is 84.5 Å². The van der Waals surface area contributed by atoms with E-state index < -0.39 is 12.0 Å². The molecular formula is C6H16Cl2N2O2. The Morgan fingerprint density at radius 2 is 1.83 bits per heavy atom. The molecule has 0 aromatic carbocycles. The van der Waals surface area contributed by atoms with Crippen LogP contribution in [0.25, 0.3) is 0 Å². The molecule has 0 aliphatic heterocycles. The second-order valence-electron chi connectivity index (χ2n) is 2.23. The van der Waals surface area contributed by atoms with Gasteiger partial charge in [-0.15, -0.1) is 24.8 Å². The van der Waals surface area contributed by atoms with Crippen LogP contribution >= 0.6 is 24.8 Å². The van der Waals surface area contributed by atoms with Crippen LogP contribution in [0.2, 0.25) is 0 Å². The Balaban J connectivity index is -0.000000405. The number of carboxylic acid groups (broad SMARTS) is 1. The highest BCUT2D eigenvalue weighted by Gasteiger charge is 2.09. The van der Waals surface area contributed by atoms with Crippen molar-refractivity contribution >= 4 is 30.8 Å². The van der Waals surface area contributed by atoms with Gasteiger partial charge in [-0.05, 0) is 19.4 Å². The van der Waals surface area contributed by atoms with Crippen molar-refractivity contribution in [3.8, 4) is 0 Å². The van der Waals surface area contributed by atoms with Gasteiger partial charge in [0, 0.05) is 0 Å². The van der Waals surface area contributed by atoms with E-state index in [-0.39, 0.29) is 24.8 Å². The molecule has 6 heteroatoms. The van der Waals surface area contributed by atoms with Gasteiger partial charge in [-0.25, -0.2) is 0 Å². The van der Waals surface area contributed by atoms with Gasteiger partial charge in [0.05, 0.1) is 0 Å². The third-order valence-electron chi connectivity index (χ3n) is 1.29. The average Bonchev–Trinajstić information content (AvgIpc) is 1.88. The van der Waals surface area contributed by atoms with E-state index >= 15 is 0 Å². The lowest BCUT2D eigenvalue weighted by Gasteiger charge is -2.03. The van der Waals surface area contributed by atoms with Crippen molar-refractivity contribution in [2.45, 2.75) is 25.3 Å². The minimum atomic E-state index is -0.933. The summed E-state index contributed by atoms with van der Waals surface area (Å²) in [7, 11) is 0. The third kappa shape index (κ3) is 9.97. The number of halogens is 2. The van der Waals surface area contributed by atoms with Crippen molar-refractivity contribution in [2.24, 2.45) is 11.5 Å². The first-order valence-corrected chi connectivity index (χ1v) is 3.37. The summed E-state index contributed by atoms with van der Waals surface area (Å²) < 4.78 is 0. The fourth-order valence-electron chi connectivity index (χ4n) is 0.632. The molecule has 12 heavy (non-hydrogen) atoms. The second-order valence-corrected chi connectivity index (χ2v) is 2.23. The minimum absolute atomic E-state index is 0. The molecule has 1 atom stereocenters. The number of carbonyl (C=O) groups is 1. The molecule has 0 fully saturated rings. The Hall–Kier alpha value is -0.0300. The molecular weight excluding hydrogens is 205 g/mol. The Morgan fingerprint density at radius 1 is 1.33 bits per heavy atom. The molecule has 0 saturated carbocycles. The van der Waals surface area contributed by atoms with Gasteiger partial charge < -0.3 is 16.6 Å². The van der Waals surface area contributed by atoms with E-state index in [4.69, 9.17) is 16.6 Å². The number of unbranched alkanes of at least 4 members (excludes halogenated alkanes) is 1. The summed E-state index contributed by atoms with van der Waals surface area (Å²) in [6.45, 7) is 0.604. The monoisotopic (exact) mass is 220 g/mol. The quantitative estimate of drug-likeness (QED) is 0.355. The lowest BCUT2D eigenvalue weighted by molar-refractivity contribution is -0.138. The van der Waals surface area contributed by atoms with Crippen LogP contribution in [0.15, 0.2) is 0 Å². The molecule has 0 aliphatic carbocycles. The van der Waals surface area contributed by atoms with Crippen LogP contribution in [0.4, 0.5) is 0 Å². The molecule has 0 aromatic rings. The molecule has 5 N–H and O–H groups in total. The molecule has 0 radical (unpaired) electrons. The van der Waals surface area contributed by atoms with Crippen molar-refractivity contribution in [1.29, 1.82) is 0 Å². The molecule has 1 unspecified atom stereocenters. The zero-order chi connectivity index (χ0) is 7.98. The highest BCUT2D eigenvalue weighted by atomic mass is 35.5. The fourth-order valence-corrected chi connectivity index (χ4v) is 0.632. The van der Waals surface area contributed by atoms with Crippen LogP contribution in [0, 0.1) is 0 Å². The molecule has 0 rings (SSSR count). The largest absolute Gasteiger partial charge is 0.480 e. The first-order valence-electron chi connectivity index (χ1n) is 3.37. The van der Waals surface area contributed by atoms with Crippen molar-refractivity contribution in [1.82, 2.24) is 0 Å². The zero-order valence-corrected chi connectivity index (χ0v) is 8.37. The molecule has 0 spiro atoms. The van der Waals surface area contributed by atoms with Gasteiger partial charge in [-0.2, -0.15) is 0 Å². The van der Waals surface area contributed by atoms with Gasteiger partial charge in [0.2, 0.25) is 0 Å². The SMILES string of the molecule is Cl.Cl.N[13CH2]CCCC([15NH2])C(=O)O. The van der Waals surface area contributed by atoms with Gasteiger partial charge in [-0.1, -0.05) is 6.42 Å². The molecule has 0 aliphatic rings. The van der Waals surface area contributed by atoms with Crippen molar-refractivity contribution in [2.75, 3.05) is 6.54 Å². The lowest BCUT2D eigenvalue weighted by atomic mass is 10.2. The van der Waals surface area contributed by atoms with E-state index in [1.807, 2.05) is 0 Å². The summed E-state index contributed by atoms with van der Waals surface area (Å²) in [4.78, 5) is 10.1. The van der Waals surface area contributed by atoms with E-state index in [1.165, 1.54) is 0 Å². The van der Waals surface area contributed by atoms with Crippen LogP contribution < -0.4 is 11.5 Å². The van der Waals surface area contributed by atoms with E-state index in [9.17, 15) is 4.79 Å². The number of aliphatic carboxylic acids is 1.